The van der Waals surface area contributed by atoms with Gasteiger partial charge in [-0.15, -0.1) is 11.3 Å². The van der Waals surface area contributed by atoms with Crippen molar-refractivity contribution in [2.24, 2.45) is 5.73 Å². The number of carbonyl (C=O) groups excluding carboxylic acids is 1. The molecule has 3 nitrogen and oxygen atoms in total. The highest BCUT2D eigenvalue weighted by Crippen LogP contribution is 2.17. The molecular formula is C15H18N2OS. The van der Waals surface area contributed by atoms with Crippen molar-refractivity contribution < 1.29 is 4.79 Å². The summed E-state index contributed by atoms with van der Waals surface area (Å²) >= 11 is 1.55. The van der Waals surface area contributed by atoms with Gasteiger partial charge in [-0.1, -0.05) is 31.2 Å². The van der Waals surface area contributed by atoms with E-state index < -0.39 is 0 Å². The Morgan fingerprint density at radius 1 is 1.21 bits per heavy atom. The molecule has 3 N–H and O–H groups in total. The van der Waals surface area contributed by atoms with Crippen molar-refractivity contribution in [1.29, 1.82) is 0 Å². The first-order chi connectivity index (χ1) is 9.24. The summed E-state index contributed by atoms with van der Waals surface area (Å²) < 4.78 is 0. The Hall–Kier alpha value is -1.65. The first-order valence-electron chi connectivity index (χ1n) is 6.38. The monoisotopic (exact) mass is 274 g/mol. The molecule has 2 rings (SSSR count). The SMILES string of the molecule is CCc1ccc(C(=O)NCc2ccccc2CN)s1. The number of aryl methyl sites for hydroxylation is 1. The van der Waals surface area contributed by atoms with Crippen LogP contribution in [0.15, 0.2) is 36.4 Å². The lowest BCUT2D eigenvalue weighted by Crippen LogP contribution is -2.22. The minimum Gasteiger partial charge on any atom is -0.347 e. The van der Waals surface area contributed by atoms with Crippen LogP contribution < -0.4 is 11.1 Å². The van der Waals surface area contributed by atoms with Gasteiger partial charge in [-0.25, -0.2) is 0 Å². The average molecular weight is 274 g/mol. The van der Waals surface area contributed by atoms with Gasteiger partial charge in [0.05, 0.1) is 4.88 Å². The molecule has 0 unspecified atom stereocenters. The second-order valence-corrected chi connectivity index (χ2v) is 5.44. The van der Waals surface area contributed by atoms with Crippen LogP contribution in [-0.2, 0) is 19.5 Å². The summed E-state index contributed by atoms with van der Waals surface area (Å²) in [6.07, 6.45) is 0.966. The molecule has 4 heteroatoms. The normalized spacial score (nSPS) is 10.4. The van der Waals surface area contributed by atoms with Crippen molar-refractivity contribution in [3.05, 3.63) is 57.3 Å². The van der Waals surface area contributed by atoms with Crippen molar-refractivity contribution in [2.45, 2.75) is 26.4 Å². The molecule has 1 aromatic heterocycles. The molecule has 100 valence electrons. The van der Waals surface area contributed by atoms with Gasteiger partial charge in [0.1, 0.15) is 0 Å². The number of benzene rings is 1. The van der Waals surface area contributed by atoms with Crippen LogP contribution >= 0.6 is 11.3 Å². The van der Waals surface area contributed by atoms with Crippen LogP contribution in [-0.4, -0.2) is 5.91 Å². The van der Waals surface area contributed by atoms with Crippen molar-refractivity contribution in [1.82, 2.24) is 5.32 Å². The molecule has 1 amide bonds. The summed E-state index contributed by atoms with van der Waals surface area (Å²) in [6, 6.07) is 11.8. The Bertz CT molecular complexity index is 563. The first kappa shape index (κ1) is 13.8. The molecule has 19 heavy (non-hydrogen) atoms. The number of carbonyl (C=O) groups is 1. The van der Waals surface area contributed by atoms with Crippen molar-refractivity contribution in [3.8, 4) is 0 Å². The fourth-order valence-electron chi connectivity index (χ4n) is 1.88. The number of thiophene rings is 1. The van der Waals surface area contributed by atoms with Gasteiger partial charge in [0.2, 0.25) is 0 Å². The summed E-state index contributed by atoms with van der Waals surface area (Å²) in [7, 11) is 0. The van der Waals surface area contributed by atoms with E-state index in [-0.39, 0.29) is 5.91 Å². The molecule has 0 atom stereocenters. The molecule has 0 saturated carbocycles. The third-order valence-electron chi connectivity index (χ3n) is 3.01. The summed E-state index contributed by atoms with van der Waals surface area (Å²) in [5.41, 5.74) is 7.83. The fourth-order valence-corrected chi connectivity index (χ4v) is 2.75. The van der Waals surface area contributed by atoms with E-state index >= 15 is 0 Å². The van der Waals surface area contributed by atoms with Gasteiger partial charge in [-0.2, -0.15) is 0 Å². The van der Waals surface area contributed by atoms with Crippen LogP contribution in [0.2, 0.25) is 0 Å². The fraction of sp³-hybridized carbons (Fsp3) is 0.267. The molecule has 0 aliphatic rings. The van der Waals surface area contributed by atoms with E-state index in [4.69, 9.17) is 5.73 Å². The number of rotatable bonds is 5. The minimum atomic E-state index is -0.0171. The van der Waals surface area contributed by atoms with Crippen LogP contribution in [0.3, 0.4) is 0 Å². The third kappa shape index (κ3) is 3.43. The zero-order valence-corrected chi connectivity index (χ0v) is 11.8. The predicted molar refractivity (Wildman–Crippen MR) is 79.2 cm³/mol. The Kier molecular flexibility index (Phi) is 4.71. The maximum atomic E-state index is 12.0. The van der Waals surface area contributed by atoms with E-state index in [2.05, 4.69) is 12.2 Å². The molecule has 1 aromatic carbocycles. The highest BCUT2D eigenvalue weighted by molar-refractivity contribution is 7.14. The highest BCUT2D eigenvalue weighted by atomic mass is 32.1. The number of nitrogens with two attached hydrogens (primary N) is 1. The Morgan fingerprint density at radius 3 is 2.58 bits per heavy atom. The molecule has 0 aliphatic carbocycles. The van der Waals surface area contributed by atoms with Gasteiger partial charge in [0, 0.05) is 18.0 Å². The zero-order valence-electron chi connectivity index (χ0n) is 11.0. The summed E-state index contributed by atoms with van der Waals surface area (Å²) in [5.74, 6) is -0.0171. The lowest BCUT2D eigenvalue weighted by molar-refractivity contribution is 0.0955. The highest BCUT2D eigenvalue weighted by Gasteiger charge is 2.09. The van der Waals surface area contributed by atoms with Crippen molar-refractivity contribution in [2.75, 3.05) is 0 Å². The third-order valence-corrected chi connectivity index (χ3v) is 4.24. The number of hydrogen-bond donors (Lipinski definition) is 2. The van der Waals surface area contributed by atoms with Gasteiger partial charge in [0.25, 0.3) is 5.91 Å². The molecule has 2 aromatic rings. The standard InChI is InChI=1S/C15H18N2OS/c1-2-13-7-8-14(19-13)15(18)17-10-12-6-4-3-5-11(12)9-16/h3-8H,2,9-10,16H2,1H3,(H,17,18). The van der Waals surface area contributed by atoms with Gasteiger partial charge in [0.15, 0.2) is 0 Å². The molecule has 0 bridgehead atoms. The first-order valence-corrected chi connectivity index (χ1v) is 7.20. The second-order valence-electron chi connectivity index (χ2n) is 4.28. The van der Waals surface area contributed by atoms with Crippen LogP contribution in [0.5, 0.6) is 0 Å². The van der Waals surface area contributed by atoms with Gasteiger partial charge < -0.3 is 11.1 Å². The molecule has 0 saturated heterocycles. The van der Waals surface area contributed by atoms with E-state index in [9.17, 15) is 4.79 Å². The quantitative estimate of drug-likeness (QED) is 0.880. The molecule has 1 heterocycles. The smallest absolute Gasteiger partial charge is 0.261 e. The summed E-state index contributed by atoms with van der Waals surface area (Å²) in [4.78, 5) is 14.0. The lowest BCUT2D eigenvalue weighted by atomic mass is 10.1. The Balaban J connectivity index is 2.00. The largest absolute Gasteiger partial charge is 0.347 e. The topological polar surface area (TPSA) is 55.1 Å². The van der Waals surface area contributed by atoms with Gasteiger partial charge in [-0.3, -0.25) is 4.79 Å². The van der Waals surface area contributed by atoms with Crippen LogP contribution in [0.25, 0.3) is 0 Å². The van der Waals surface area contributed by atoms with E-state index in [0.717, 1.165) is 22.4 Å². The van der Waals surface area contributed by atoms with Crippen molar-refractivity contribution in [3.63, 3.8) is 0 Å². The Labute approximate surface area is 117 Å². The van der Waals surface area contributed by atoms with Crippen LogP contribution in [0.4, 0.5) is 0 Å². The van der Waals surface area contributed by atoms with E-state index in [1.807, 2.05) is 36.4 Å². The summed E-state index contributed by atoms with van der Waals surface area (Å²) in [5, 5.41) is 2.94. The van der Waals surface area contributed by atoms with Gasteiger partial charge >= 0.3 is 0 Å². The van der Waals surface area contributed by atoms with E-state index in [1.165, 1.54) is 4.88 Å². The van der Waals surface area contributed by atoms with Crippen LogP contribution in [0, 0.1) is 0 Å². The average Bonchev–Trinajstić information content (AvgIpc) is 2.94. The molecular weight excluding hydrogens is 256 g/mol. The van der Waals surface area contributed by atoms with Gasteiger partial charge in [-0.05, 0) is 29.7 Å². The molecule has 0 aliphatic heterocycles. The number of amides is 1. The zero-order chi connectivity index (χ0) is 13.7. The molecule has 0 radical (unpaired) electrons. The molecule has 0 spiro atoms. The number of hydrogen-bond acceptors (Lipinski definition) is 3. The maximum Gasteiger partial charge on any atom is 0.261 e. The minimum absolute atomic E-state index is 0.0171. The number of nitrogens with one attached hydrogen (secondary N) is 1. The van der Waals surface area contributed by atoms with E-state index in [1.54, 1.807) is 11.3 Å². The predicted octanol–water partition coefficient (Wildman–Crippen LogP) is 2.70. The second kappa shape index (κ2) is 6.50. The van der Waals surface area contributed by atoms with Crippen molar-refractivity contribution >= 4 is 17.2 Å². The summed E-state index contributed by atoms with van der Waals surface area (Å²) in [6.45, 7) is 3.10. The van der Waals surface area contributed by atoms with E-state index in [0.29, 0.717) is 13.1 Å². The molecule has 0 fully saturated rings. The van der Waals surface area contributed by atoms with Crippen LogP contribution in [0.1, 0.15) is 32.6 Å². The lowest BCUT2D eigenvalue weighted by Gasteiger charge is -2.08. The maximum absolute atomic E-state index is 12.0. The Morgan fingerprint density at radius 2 is 1.95 bits per heavy atom.